The second-order valence-corrected chi connectivity index (χ2v) is 9.65. The highest BCUT2D eigenvalue weighted by molar-refractivity contribution is 6.39. The Balaban J connectivity index is 1.64. The number of rotatable bonds is 7. The lowest BCUT2D eigenvalue weighted by Gasteiger charge is -2.16. The number of aliphatic imine (C=N–C) groups is 1. The molecule has 0 aliphatic heterocycles. The second-order valence-electron chi connectivity index (χ2n) is 8.83. The van der Waals surface area contributed by atoms with Crippen molar-refractivity contribution in [2.45, 2.75) is 12.5 Å². The molecular weight excluding hydrogens is 541 g/mol. The first-order valence-corrected chi connectivity index (χ1v) is 12.7. The molecule has 0 bridgehead atoms. The monoisotopic (exact) mass is 560 g/mol. The maximum absolute atomic E-state index is 14.4. The smallest absolute Gasteiger partial charge is 0.328 e. The highest BCUT2D eigenvalue weighted by atomic mass is 35.5. The number of hydrogen-bond acceptors (Lipinski definition) is 3. The summed E-state index contributed by atoms with van der Waals surface area (Å²) in [6.45, 7) is 0. The quantitative estimate of drug-likeness (QED) is 0.205. The lowest BCUT2D eigenvalue weighted by atomic mass is 9.94. The standard InChI is InChI=1S/C31H20Cl2F2N2O2/c32-25-15-21(34)16-26(33)28(25)23-12-11-20(24-14-22(35)17-36-30(23)24)13-27(31(38)39)37-29(18-7-3-1-4-8-18)19-9-5-2-6-10-19/h1-12,14-17,27H,13H2,(H,38,39). The van der Waals surface area contributed by atoms with Gasteiger partial charge in [0.2, 0.25) is 0 Å². The van der Waals surface area contributed by atoms with Gasteiger partial charge < -0.3 is 5.11 Å². The normalized spacial score (nSPS) is 11.8. The highest BCUT2D eigenvalue weighted by Gasteiger charge is 2.23. The van der Waals surface area contributed by atoms with E-state index in [2.05, 4.69) is 9.98 Å². The maximum Gasteiger partial charge on any atom is 0.328 e. The van der Waals surface area contributed by atoms with Crippen LogP contribution in [0.25, 0.3) is 22.0 Å². The molecule has 1 aromatic heterocycles. The van der Waals surface area contributed by atoms with Gasteiger partial charge in [0.15, 0.2) is 6.04 Å². The van der Waals surface area contributed by atoms with Crippen LogP contribution >= 0.6 is 23.2 Å². The van der Waals surface area contributed by atoms with E-state index in [1.807, 2.05) is 60.7 Å². The van der Waals surface area contributed by atoms with Crippen molar-refractivity contribution in [3.05, 3.63) is 136 Å². The topological polar surface area (TPSA) is 62.5 Å². The lowest BCUT2D eigenvalue weighted by Crippen LogP contribution is -2.23. The Hall–Kier alpha value is -4.13. The van der Waals surface area contributed by atoms with Crippen LogP contribution in [0, 0.1) is 11.6 Å². The number of halogens is 4. The lowest BCUT2D eigenvalue weighted by molar-refractivity contribution is -0.138. The number of hydrogen-bond donors (Lipinski definition) is 1. The zero-order chi connectivity index (χ0) is 27.5. The summed E-state index contributed by atoms with van der Waals surface area (Å²) in [7, 11) is 0. The molecule has 39 heavy (non-hydrogen) atoms. The van der Waals surface area contributed by atoms with E-state index < -0.39 is 23.6 Å². The number of pyridine rings is 1. The number of nitrogens with zero attached hydrogens (tertiary/aromatic N) is 2. The van der Waals surface area contributed by atoms with Crippen LogP contribution < -0.4 is 0 Å². The van der Waals surface area contributed by atoms with Crippen LogP contribution in [0.2, 0.25) is 10.0 Å². The first kappa shape index (κ1) is 26.5. The molecule has 194 valence electrons. The molecule has 0 saturated carbocycles. The van der Waals surface area contributed by atoms with Crippen LogP contribution in [0.4, 0.5) is 8.78 Å². The molecule has 0 amide bonds. The van der Waals surface area contributed by atoms with Crippen molar-refractivity contribution in [2.75, 3.05) is 0 Å². The summed E-state index contributed by atoms with van der Waals surface area (Å²) in [5, 5.41) is 10.7. The molecule has 1 heterocycles. The molecule has 0 radical (unpaired) electrons. The summed E-state index contributed by atoms with van der Waals surface area (Å²) in [6, 6.07) is 24.3. The third kappa shape index (κ3) is 5.67. The first-order valence-electron chi connectivity index (χ1n) is 12.0. The summed E-state index contributed by atoms with van der Waals surface area (Å²) in [5.74, 6) is -2.32. The van der Waals surface area contributed by atoms with Crippen LogP contribution in [0.15, 0.2) is 102 Å². The molecule has 8 heteroatoms. The third-order valence-electron chi connectivity index (χ3n) is 6.26. The predicted molar refractivity (Wildman–Crippen MR) is 151 cm³/mol. The molecule has 0 saturated heterocycles. The van der Waals surface area contributed by atoms with Gasteiger partial charge >= 0.3 is 5.97 Å². The molecule has 1 unspecified atom stereocenters. The molecule has 4 nitrogen and oxygen atoms in total. The second kappa shape index (κ2) is 11.3. The molecule has 5 rings (SSSR count). The number of carboxylic acids is 1. The van der Waals surface area contributed by atoms with E-state index in [1.165, 1.54) is 6.07 Å². The van der Waals surface area contributed by atoms with E-state index in [-0.39, 0.29) is 16.5 Å². The zero-order valence-electron chi connectivity index (χ0n) is 20.3. The number of aliphatic carboxylic acids is 1. The average Bonchev–Trinajstić information content (AvgIpc) is 2.92. The Labute approximate surface area is 233 Å². The predicted octanol–water partition coefficient (Wildman–Crippen LogP) is 8.02. The van der Waals surface area contributed by atoms with Gasteiger partial charge in [-0.05, 0) is 23.8 Å². The van der Waals surface area contributed by atoms with E-state index in [0.29, 0.717) is 33.3 Å². The van der Waals surface area contributed by atoms with E-state index in [9.17, 15) is 18.7 Å². The van der Waals surface area contributed by atoms with Crippen molar-refractivity contribution in [2.24, 2.45) is 4.99 Å². The number of carbonyl (C=O) groups is 1. The minimum Gasteiger partial charge on any atom is -0.480 e. The van der Waals surface area contributed by atoms with Gasteiger partial charge in [-0.3, -0.25) is 9.98 Å². The first-order chi connectivity index (χ1) is 18.8. The van der Waals surface area contributed by atoms with Crippen LogP contribution in [0.1, 0.15) is 16.7 Å². The summed E-state index contributed by atoms with van der Waals surface area (Å²) < 4.78 is 28.2. The van der Waals surface area contributed by atoms with E-state index in [0.717, 1.165) is 29.5 Å². The van der Waals surface area contributed by atoms with Gasteiger partial charge in [-0.15, -0.1) is 0 Å². The third-order valence-corrected chi connectivity index (χ3v) is 6.86. The summed E-state index contributed by atoms with van der Waals surface area (Å²) >= 11 is 12.6. The van der Waals surface area contributed by atoms with Gasteiger partial charge in [-0.1, -0.05) is 96.0 Å². The molecule has 1 atom stereocenters. The molecule has 0 aliphatic carbocycles. The fourth-order valence-corrected chi connectivity index (χ4v) is 5.15. The molecular formula is C31H20Cl2F2N2O2. The number of fused-ring (bicyclic) bond motifs is 1. The summed E-state index contributed by atoms with van der Waals surface area (Å²) in [5.41, 5.74) is 3.74. The van der Waals surface area contributed by atoms with Crippen molar-refractivity contribution in [3.63, 3.8) is 0 Å². The number of aromatic nitrogens is 1. The minimum absolute atomic E-state index is 0.0364. The van der Waals surface area contributed by atoms with Gasteiger partial charge in [0.1, 0.15) is 11.6 Å². The largest absolute Gasteiger partial charge is 0.480 e. The molecule has 0 aliphatic rings. The van der Waals surface area contributed by atoms with Crippen LogP contribution in [0.3, 0.4) is 0 Å². The van der Waals surface area contributed by atoms with Crippen molar-refractivity contribution < 1.29 is 18.7 Å². The van der Waals surface area contributed by atoms with Gasteiger partial charge in [0, 0.05) is 34.1 Å². The number of benzene rings is 4. The fraction of sp³-hybridized carbons (Fsp3) is 0.0645. The van der Waals surface area contributed by atoms with E-state index in [4.69, 9.17) is 23.2 Å². The van der Waals surface area contributed by atoms with Crippen LogP contribution in [-0.2, 0) is 11.2 Å². The number of carboxylic acid groups (broad SMARTS) is 1. The Morgan fingerprint density at radius 1 is 0.846 bits per heavy atom. The van der Waals surface area contributed by atoms with Gasteiger partial charge in [-0.2, -0.15) is 0 Å². The summed E-state index contributed by atoms with van der Waals surface area (Å²) in [4.78, 5) is 21.4. The Bertz CT molecular complexity index is 1650. The van der Waals surface area contributed by atoms with E-state index in [1.54, 1.807) is 12.1 Å². The highest BCUT2D eigenvalue weighted by Crippen LogP contribution is 2.39. The van der Waals surface area contributed by atoms with Crippen molar-refractivity contribution in [1.82, 2.24) is 4.98 Å². The van der Waals surface area contributed by atoms with Crippen molar-refractivity contribution in [1.29, 1.82) is 0 Å². The van der Waals surface area contributed by atoms with Crippen LogP contribution in [-0.4, -0.2) is 27.8 Å². The average molecular weight is 561 g/mol. The zero-order valence-corrected chi connectivity index (χ0v) is 21.8. The van der Waals surface area contributed by atoms with Gasteiger partial charge in [0.05, 0.1) is 27.5 Å². The van der Waals surface area contributed by atoms with E-state index >= 15 is 0 Å². The SMILES string of the molecule is O=C(O)C(Cc1ccc(-c2c(Cl)cc(F)cc2Cl)c2ncc(F)cc12)N=C(c1ccccc1)c1ccccc1. The minimum atomic E-state index is -1.18. The Kier molecular flexibility index (Phi) is 7.68. The molecule has 4 aromatic carbocycles. The van der Waals surface area contributed by atoms with Gasteiger partial charge in [0.25, 0.3) is 0 Å². The maximum atomic E-state index is 14.4. The van der Waals surface area contributed by atoms with Crippen LogP contribution in [0.5, 0.6) is 0 Å². The fourth-order valence-electron chi connectivity index (χ4n) is 4.49. The van der Waals surface area contributed by atoms with Crippen molar-refractivity contribution in [3.8, 4) is 11.1 Å². The van der Waals surface area contributed by atoms with Crippen molar-refractivity contribution >= 4 is 45.8 Å². The molecule has 0 fully saturated rings. The molecule has 1 N–H and O–H groups in total. The molecule has 5 aromatic rings. The Morgan fingerprint density at radius 3 is 2.00 bits per heavy atom. The van der Waals surface area contributed by atoms with Gasteiger partial charge in [-0.25, -0.2) is 13.6 Å². The Morgan fingerprint density at radius 2 is 1.44 bits per heavy atom. The molecule has 0 spiro atoms. The summed E-state index contributed by atoms with van der Waals surface area (Å²) in [6.07, 6.45) is 1.02.